The Morgan fingerprint density at radius 1 is 0.938 bits per heavy atom. The summed E-state index contributed by atoms with van der Waals surface area (Å²) in [5, 5.41) is 0. The van der Waals surface area contributed by atoms with E-state index in [1.165, 1.54) is 0 Å². The molecular weight excluding hydrogens is 225 g/mol. The van der Waals surface area contributed by atoms with Crippen LogP contribution in [0.2, 0.25) is 0 Å². The second kappa shape index (κ2) is 9.17. The molecule has 0 aliphatic carbocycles. The quantitative estimate of drug-likeness (QED) is 0.555. The van der Waals surface area contributed by atoms with Crippen molar-refractivity contribution in [2.45, 2.75) is 47.0 Å². The SMILES string of the molecule is CCCOP(=O)(OCC)N(CCC)CCC. The molecule has 0 saturated carbocycles. The predicted molar refractivity (Wildman–Crippen MR) is 67.6 cm³/mol. The largest absolute Gasteiger partial charge is 0.408 e. The summed E-state index contributed by atoms with van der Waals surface area (Å²) in [6.45, 7) is 10.4. The molecule has 0 spiro atoms. The summed E-state index contributed by atoms with van der Waals surface area (Å²) in [5.41, 5.74) is 0. The molecular formula is C11H26NO3P. The normalized spacial score (nSPS) is 15.3. The second-order valence-electron chi connectivity index (χ2n) is 3.67. The molecule has 0 aromatic heterocycles. The lowest BCUT2D eigenvalue weighted by Gasteiger charge is -2.29. The zero-order valence-corrected chi connectivity index (χ0v) is 12.0. The Bertz CT molecular complexity index is 205. The summed E-state index contributed by atoms with van der Waals surface area (Å²) < 4.78 is 25.2. The first-order valence-electron chi connectivity index (χ1n) is 6.29. The molecule has 0 aromatic carbocycles. The van der Waals surface area contributed by atoms with E-state index in [2.05, 4.69) is 13.8 Å². The Kier molecular flexibility index (Phi) is 9.24. The number of rotatable bonds is 10. The van der Waals surface area contributed by atoms with E-state index in [0.717, 1.165) is 32.4 Å². The molecule has 0 N–H and O–H groups in total. The van der Waals surface area contributed by atoms with Gasteiger partial charge in [0, 0.05) is 13.1 Å². The average molecular weight is 251 g/mol. The highest BCUT2D eigenvalue weighted by molar-refractivity contribution is 7.51. The van der Waals surface area contributed by atoms with Crippen LogP contribution in [-0.2, 0) is 13.6 Å². The lowest BCUT2D eigenvalue weighted by Crippen LogP contribution is -2.25. The highest BCUT2D eigenvalue weighted by Crippen LogP contribution is 2.52. The fourth-order valence-electron chi connectivity index (χ4n) is 1.44. The van der Waals surface area contributed by atoms with E-state index >= 15 is 0 Å². The molecule has 0 heterocycles. The van der Waals surface area contributed by atoms with Gasteiger partial charge in [0.2, 0.25) is 0 Å². The summed E-state index contributed by atoms with van der Waals surface area (Å²) in [5.74, 6) is 0. The van der Waals surface area contributed by atoms with Gasteiger partial charge < -0.3 is 0 Å². The van der Waals surface area contributed by atoms with E-state index in [1.807, 2.05) is 18.5 Å². The predicted octanol–water partition coefficient (Wildman–Crippen LogP) is 3.68. The summed E-state index contributed by atoms with van der Waals surface area (Å²) in [6.07, 6.45) is 2.75. The van der Waals surface area contributed by atoms with Gasteiger partial charge in [0.25, 0.3) is 0 Å². The van der Waals surface area contributed by atoms with Gasteiger partial charge in [0.1, 0.15) is 0 Å². The van der Waals surface area contributed by atoms with Crippen molar-refractivity contribution in [2.75, 3.05) is 26.3 Å². The minimum atomic E-state index is -3.05. The third-order valence-electron chi connectivity index (χ3n) is 2.06. The molecule has 0 aliphatic rings. The zero-order chi connectivity index (χ0) is 12.4. The third-order valence-corrected chi connectivity index (χ3v) is 4.25. The van der Waals surface area contributed by atoms with Gasteiger partial charge in [-0.15, -0.1) is 0 Å². The van der Waals surface area contributed by atoms with Gasteiger partial charge in [-0.3, -0.25) is 9.05 Å². The molecule has 98 valence electrons. The van der Waals surface area contributed by atoms with E-state index in [-0.39, 0.29) is 0 Å². The first kappa shape index (κ1) is 16.1. The lowest BCUT2D eigenvalue weighted by atomic mass is 10.4. The first-order chi connectivity index (χ1) is 7.64. The molecule has 0 aromatic rings. The Balaban J connectivity index is 4.58. The number of hydrogen-bond donors (Lipinski definition) is 0. The fraction of sp³-hybridized carbons (Fsp3) is 1.00. The maximum Gasteiger partial charge on any atom is 0.408 e. The van der Waals surface area contributed by atoms with Crippen LogP contribution in [0.5, 0.6) is 0 Å². The van der Waals surface area contributed by atoms with E-state index in [0.29, 0.717) is 13.2 Å². The first-order valence-corrected chi connectivity index (χ1v) is 7.78. The van der Waals surface area contributed by atoms with Gasteiger partial charge in [0.05, 0.1) is 13.2 Å². The van der Waals surface area contributed by atoms with Crippen molar-refractivity contribution < 1.29 is 13.6 Å². The third kappa shape index (κ3) is 5.44. The van der Waals surface area contributed by atoms with Crippen molar-refractivity contribution >= 4 is 7.75 Å². The summed E-state index contributed by atoms with van der Waals surface area (Å²) in [6, 6.07) is 0. The Morgan fingerprint density at radius 2 is 1.50 bits per heavy atom. The Labute approximate surface area is 99.9 Å². The smallest absolute Gasteiger partial charge is 0.297 e. The van der Waals surface area contributed by atoms with Gasteiger partial charge in [-0.1, -0.05) is 20.8 Å². The topological polar surface area (TPSA) is 38.8 Å². The van der Waals surface area contributed by atoms with Crippen molar-refractivity contribution in [2.24, 2.45) is 0 Å². The van der Waals surface area contributed by atoms with Crippen LogP contribution >= 0.6 is 7.75 Å². The molecule has 16 heavy (non-hydrogen) atoms. The van der Waals surface area contributed by atoms with Crippen molar-refractivity contribution in [3.05, 3.63) is 0 Å². The maximum atomic E-state index is 12.5. The maximum absolute atomic E-state index is 12.5. The summed E-state index contributed by atoms with van der Waals surface area (Å²) in [7, 11) is -3.05. The number of nitrogens with zero attached hydrogens (tertiary/aromatic N) is 1. The van der Waals surface area contributed by atoms with Crippen LogP contribution < -0.4 is 0 Å². The van der Waals surface area contributed by atoms with Crippen molar-refractivity contribution in [3.63, 3.8) is 0 Å². The van der Waals surface area contributed by atoms with E-state index in [9.17, 15) is 4.57 Å². The van der Waals surface area contributed by atoms with Gasteiger partial charge in [-0.05, 0) is 26.2 Å². The monoisotopic (exact) mass is 251 g/mol. The van der Waals surface area contributed by atoms with Gasteiger partial charge in [-0.2, -0.15) is 0 Å². The highest BCUT2D eigenvalue weighted by atomic mass is 31.2. The fourth-order valence-corrected chi connectivity index (χ4v) is 3.47. The summed E-state index contributed by atoms with van der Waals surface area (Å²) in [4.78, 5) is 0. The van der Waals surface area contributed by atoms with Crippen LogP contribution in [0.15, 0.2) is 0 Å². The minimum Gasteiger partial charge on any atom is -0.297 e. The van der Waals surface area contributed by atoms with Crippen molar-refractivity contribution in [1.82, 2.24) is 4.67 Å². The van der Waals surface area contributed by atoms with Crippen molar-refractivity contribution in [1.29, 1.82) is 0 Å². The lowest BCUT2D eigenvalue weighted by molar-refractivity contribution is 0.161. The van der Waals surface area contributed by atoms with Gasteiger partial charge in [0.15, 0.2) is 0 Å². The molecule has 1 unspecified atom stereocenters. The zero-order valence-electron chi connectivity index (χ0n) is 11.1. The van der Waals surface area contributed by atoms with E-state index in [4.69, 9.17) is 9.05 Å². The molecule has 0 rings (SSSR count). The molecule has 0 amide bonds. The second-order valence-corrected chi connectivity index (χ2v) is 5.69. The molecule has 0 aliphatic heterocycles. The van der Waals surface area contributed by atoms with Crippen LogP contribution in [0, 0.1) is 0 Å². The molecule has 0 saturated heterocycles. The highest BCUT2D eigenvalue weighted by Gasteiger charge is 2.31. The van der Waals surface area contributed by atoms with Crippen molar-refractivity contribution in [3.8, 4) is 0 Å². The Morgan fingerprint density at radius 3 is 1.88 bits per heavy atom. The van der Waals surface area contributed by atoms with Crippen LogP contribution in [0.1, 0.15) is 47.0 Å². The Hall–Kier alpha value is 0.110. The van der Waals surface area contributed by atoms with Gasteiger partial charge >= 0.3 is 7.75 Å². The van der Waals surface area contributed by atoms with Crippen LogP contribution in [-0.4, -0.2) is 31.0 Å². The van der Waals surface area contributed by atoms with E-state index < -0.39 is 7.75 Å². The molecule has 0 fully saturated rings. The van der Waals surface area contributed by atoms with Crippen LogP contribution in [0.3, 0.4) is 0 Å². The number of hydrogen-bond acceptors (Lipinski definition) is 3. The van der Waals surface area contributed by atoms with Crippen LogP contribution in [0.25, 0.3) is 0 Å². The summed E-state index contributed by atoms with van der Waals surface area (Å²) >= 11 is 0. The molecule has 4 nitrogen and oxygen atoms in total. The van der Waals surface area contributed by atoms with E-state index in [1.54, 1.807) is 0 Å². The molecule has 5 heteroatoms. The standard InChI is InChI=1S/C11H26NO3P/c1-5-9-12(10-6-2)16(13,14-8-4)15-11-7-3/h5-11H2,1-4H3. The van der Waals surface area contributed by atoms with Crippen LogP contribution in [0.4, 0.5) is 0 Å². The molecule has 1 atom stereocenters. The van der Waals surface area contributed by atoms with Gasteiger partial charge in [-0.25, -0.2) is 9.24 Å². The molecule has 0 radical (unpaired) electrons. The average Bonchev–Trinajstić information content (AvgIpc) is 2.26. The minimum absolute atomic E-state index is 0.422. The molecule has 0 bridgehead atoms.